The number of rotatable bonds is 8. The molecule has 0 fully saturated rings. The first-order chi connectivity index (χ1) is 16.9. The van der Waals surface area contributed by atoms with Gasteiger partial charge in [0.2, 0.25) is 0 Å². The summed E-state index contributed by atoms with van der Waals surface area (Å²) in [6.07, 6.45) is 0.504. The molecule has 0 spiro atoms. The van der Waals surface area contributed by atoms with Crippen molar-refractivity contribution < 1.29 is 19.5 Å². The molecule has 1 aliphatic rings. The van der Waals surface area contributed by atoms with Crippen molar-refractivity contribution in [3.63, 3.8) is 0 Å². The standard InChI is InChI=1S/C27H28N4O4/c28-16-19-6-9-21(10-7-19)30-26(34)20-8-11-23-24(14-20)29-22(15-25(32)33)17-31(27(23)35)13-12-18-4-2-1-3-5-18/h1-11,14,22,29H,12-13,15-17,28H2,(H,30,34)(H,32,33)/t22-/m1/s1. The van der Waals surface area contributed by atoms with Crippen LogP contribution in [0.2, 0.25) is 0 Å². The summed E-state index contributed by atoms with van der Waals surface area (Å²) in [5.74, 6) is -1.49. The zero-order valence-corrected chi connectivity index (χ0v) is 19.2. The van der Waals surface area contributed by atoms with Crippen molar-refractivity contribution in [2.45, 2.75) is 25.4 Å². The molecule has 180 valence electrons. The molecular formula is C27H28N4O4. The molecule has 0 aromatic heterocycles. The van der Waals surface area contributed by atoms with E-state index in [1.807, 2.05) is 42.5 Å². The number of carboxylic acid groups (broad SMARTS) is 1. The highest BCUT2D eigenvalue weighted by molar-refractivity contribution is 6.07. The average Bonchev–Trinajstić information content (AvgIpc) is 2.99. The smallest absolute Gasteiger partial charge is 0.305 e. The van der Waals surface area contributed by atoms with Gasteiger partial charge in [-0.25, -0.2) is 0 Å². The van der Waals surface area contributed by atoms with E-state index in [9.17, 15) is 19.5 Å². The van der Waals surface area contributed by atoms with E-state index in [-0.39, 0.29) is 24.8 Å². The van der Waals surface area contributed by atoms with Crippen LogP contribution in [0.1, 0.15) is 38.3 Å². The number of carbonyl (C=O) groups excluding carboxylic acids is 2. The Labute approximate surface area is 203 Å². The molecule has 35 heavy (non-hydrogen) atoms. The van der Waals surface area contributed by atoms with Gasteiger partial charge in [0.1, 0.15) is 0 Å². The van der Waals surface area contributed by atoms with Crippen LogP contribution in [-0.2, 0) is 17.8 Å². The fourth-order valence-corrected chi connectivity index (χ4v) is 4.13. The fraction of sp³-hybridized carbons (Fsp3) is 0.222. The first kappa shape index (κ1) is 24.0. The summed E-state index contributed by atoms with van der Waals surface area (Å²) in [5.41, 5.74) is 9.52. The molecule has 1 aliphatic heterocycles. The Kier molecular flexibility index (Phi) is 7.42. The van der Waals surface area contributed by atoms with Gasteiger partial charge in [-0.2, -0.15) is 0 Å². The van der Waals surface area contributed by atoms with Gasteiger partial charge in [-0.1, -0.05) is 42.5 Å². The van der Waals surface area contributed by atoms with Crippen molar-refractivity contribution in [3.05, 3.63) is 95.1 Å². The van der Waals surface area contributed by atoms with E-state index in [1.54, 1.807) is 35.2 Å². The third-order valence-electron chi connectivity index (χ3n) is 5.98. The van der Waals surface area contributed by atoms with E-state index in [0.717, 1.165) is 11.1 Å². The Morgan fingerprint density at radius 3 is 2.46 bits per heavy atom. The van der Waals surface area contributed by atoms with Crippen LogP contribution in [0.15, 0.2) is 72.8 Å². The number of anilines is 2. The van der Waals surface area contributed by atoms with Crippen molar-refractivity contribution in [2.75, 3.05) is 23.7 Å². The lowest BCUT2D eigenvalue weighted by molar-refractivity contribution is -0.137. The summed E-state index contributed by atoms with van der Waals surface area (Å²) in [6.45, 7) is 1.13. The molecule has 3 aromatic carbocycles. The molecule has 3 aromatic rings. The van der Waals surface area contributed by atoms with Crippen LogP contribution in [0, 0.1) is 0 Å². The monoisotopic (exact) mass is 472 g/mol. The zero-order chi connectivity index (χ0) is 24.8. The van der Waals surface area contributed by atoms with Crippen LogP contribution in [-0.4, -0.2) is 46.9 Å². The van der Waals surface area contributed by atoms with E-state index < -0.39 is 12.0 Å². The van der Waals surface area contributed by atoms with Gasteiger partial charge in [0.15, 0.2) is 0 Å². The van der Waals surface area contributed by atoms with Gasteiger partial charge in [0.25, 0.3) is 11.8 Å². The van der Waals surface area contributed by atoms with Gasteiger partial charge >= 0.3 is 5.97 Å². The molecule has 8 nitrogen and oxygen atoms in total. The van der Waals surface area contributed by atoms with Crippen LogP contribution < -0.4 is 16.4 Å². The van der Waals surface area contributed by atoms with Crippen molar-refractivity contribution in [1.29, 1.82) is 0 Å². The Morgan fingerprint density at radius 2 is 1.77 bits per heavy atom. The number of carboxylic acids is 1. The van der Waals surface area contributed by atoms with E-state index in [4.69, 9.17) is 5.73 Å². The third kappa shape index (κ3) is 6.04. The maximum Gasteiger partial charge on any atom is 0.305 e. The van der Waals surface area contributed by atoms with Gasteiger partial charge in [0, 0.05) is 36.6 Å². The molecule has 1 heterocycles. The molecular weight excluding hydrogens is 444 g/mol. The molecule has 0 aliphatic carbocycles. The van der Waals surface area contributed by atoms with Crippen molar-refractivity contribution in [3.8, 4) is 0 Å². The second kappa shape index (κ2) is 10.8. The average molecular weight is 473 g/mol. The SMILES string of the molecule is NCc1ccc(NC(=O)c2ccc3c(c2)N[C@H](CC(=O)O)CN(CCc2ccccc2)C3=O)cc1. The third-order valence-corrected chi connectivity index (χ3v) is 5.98. The minimum Gasteiger partial charge on any atom is -0.481 e. The van der Waals surface area contributed by atoms with Crippen LogP contribution >= 0.6 is 0 Å². The first-order valence-electron chi connectivity index (χ1n) is 11.5. The number of nitrogens with two attached hydrogens (primary N) is 1. The minimum absolute atomic E-state index is 0.154. The van der Waals surface area contributed by atoms with Crippen LogP contribution in [0.4, 0.5) is 11.4 Å². The number of aliphatic carboxylic acids is 1. The molecule has 0 unspecified atom stereocenters. The highest BCUT2D eigenvalue weighted by Gasteiger charge is 2.29. The van der Waals surface area contributed by atoms with E-state index in [1.165, 1.54) is 0 Å². The quantitative estimate of drug-likeness (QED) is 0.399. The first-order valence-corrected chi connectivity index (χ1v) is 11.5. The van der Waals surface area contributed by atoms with Gasteiger partial charge in [-0.3, -0.25) is 14.4 Å². The summed E-state index contributed by atoms with van der Waals surface area (Å²) < 4.78 is 0. The van der Waals surface area contributed by atoms with Gasteiger partial charge in [0.05, 0.1) is 18.0 Å². The molecule has 5 N–H and O–H groups in total. The Balaban J connectivity index is 1.55. The molecule has 0 bridgehead atoms. The summed E-state index contributed by atoms with van der Waals surface area (Å²) in [7, 11) is 0. The van der Waals surface area contributed by atoms with E-state index >= 15 is 0 Å². The summed E-state index contributed by atoms with van der Waals surface area (Å²) >= 11 is 0. The van der Waals surface area contributed by atoms with Gasteiger partial charge in [-0.15, -0.1) is 0 Å². The number of nitrogens with one attached hydrogen (secondary N) is 2. The molecule has 8 heteroatoms. The van der Waals surface area contributed by atoms with Gasteiger partial charge < -0.3 is 26.4 Å². The lowest BCUT2D eigenvalue weighted by Gasteiger charge is -2.24. The highest BCUT2D eigenvalue weighted by Crippen LogP contribution is 2.26. The van der Waals surface area contributed by atoms with Crippen LogP contribution in [0.5, 0.6) is 0 Å². The Hall–Kier alpha value is -4.17. The Bertz CT molecular complexity index is 1210. The van der Waals surface area contributed by atoms with Crippen LogP contribution in [0.3, 0.4) is 0 Å². The second-order valence-corrected chi connectivity index (χ2v) is 8.54. The zero-order valence-electron chi connectivity index (χ0n) is 19.2. The number of carbonyl (C=O) groups is 3. The van der Waals surface area contributed by atoms with Crippen LogP contribution in [0.25, 0.3) is 0 Å². The lowest BCUT2D eigenvalue weighted by Crippen LogP contribution is -2.39. The molecule has 2 amide bonds. The number of benzene rings is 3. The van der Waals surface area contributed by atoms with Gasteiger partial charge in [-0.05, 0) is 47.9 Å². The van der Waals surface area contributed by atoms with E-state index in [2.05, 4.69) is 10.6 Å². The lowest BCUT2D eigenvalue weighted by atomic mass is 10.1. The predicted octanol–water partition coefficient (Wildman–Crippen LogP) is 3.35. The fourth-order valence-electron chi connectivity index (χ4n) is 4.13. The molecule has 0 saturated heterocycles. The molecule has 0 saturated carbocycles. The molecule has 4 rings (SSSR count). The predicted molar refractivity (Wildman–Crippen MR) is 134 cm³/mol. The largest absolute Gasteiger partial charge is 0.481 e. The minimum atomic E-state index is -0.962. The Morgan fingerprint density at radius 1 is 1.03 bits per heavy atom. The van der Waals surface area contributed by atoms with E-state index in [0.29, 0.717) is 42.0 Å². The maximum absolute atomic E-state index is 13.3. The van der Waals surface area contributed by atoms with Crippen molar-refractivity contribution in [1.82, 2.24) is 4.90 Å². The number of amides is 2. The van der Waals surface area contributed by atoms with Crippen molar-refractivity contribution >= 4 is 29.2 Å². The number of hydrogen-bond acceptors (Lipinski definition) is 5. The summed E-state index contributed by atoms with van der Waals surface area (Å²) in [5, 5.41) is 15.4. The molecule has 1 atom stereocenters. The summed E-state index contributed by atoms with van der Waals surface area (Å²) in [4.78, 5) is 39.3. The highest BCUT2D eigenvalue weighted by atomic mass is 16.4. The number of nitrogens with zero attached hydrogens (tertiary/aromatic N) is 1. The maximum atomic E-state index is 13.3. The number of hydrogen-bond donors (Lipinski definition) is 4. The summed E-state index contributed by atoms with van der Waals surface area (Å²) in [6, 6.07) is 21.4. The second-order valence-electron chi connectivity index (χ2n) is 8.54. The van der Waals surface area contributed by atoms with Crippen molar-refractivity contribution in [2.24, 2.45) is 5.73 Å². The number of fused-ring (bicyclic) bond motifs is 1. The topological polar surface area (TPSA) is 125 Å². The molecule has 0 radical (unpaired) electrons. The normalized spacial score (nSPS) is 15.1.